The summed E-state index contributed by atoms with van der Waals surface area (Å²) in [5, 5.41) is 18.9. The van der Waals surface area contributed by atoms with E-state index in [2.05, 4.69) is 5.32 Å². The molecular formula is C19H19ClFNO4S. The molecule has 0 spiro atoms. The average molecular weight is 412 g/mol. The number of carboxylic acids is 2. The van der Waals surface area contributed by atoms with Crippen LogP contribution in [0, 0.1) is 5.82 Å². The van der Waals surface area contributed by atoms with Gasteiger partial charge in [0.05, 0.1) is 0 Å². The van der Waals surface area contributed by atoms with Crippen molar-refractivity contribution < 1.29 is 24.2 Å². The van der Waals surface area contributed by atoms with Crippen LogP contribution in [0.5, 0.6) is 0 Å². The first-order valence-electron chi connectivity index (χ1n) is 8.26. The summed E-state index contributed by atoms with van der Waals surface area (Å²) in [6.07, 6.45) is 2.12. The quantitative estimate of drug-likeness (QED) is 0.654. The Morgan fingerprint density at radius 2 is 1.74 bits per heavy atom. The molecule has 1 aliphatic heterocycles. The van der Waals surface area contributed by atoms with Crippen molar-refractivity contribution >= 4 is 35.3 Å². The van der Waals surface area contributed by atoms with Crippen LogP contribution in [0.2, 0.25) is 5.02 Å². The fourth-order valence-electron chi connectivity index (χ4n) is 2.72. The van der Waals surface area contributed by atoms with Gasteiger partial charge in [0.1, 0.15) is 5.82 Å². The number of nitrogens with one attached hydrogen (secondary N) is 1. The zero-order valence-corrected chi connectivity index (χ0v) is 15.9. The Hall–Kier alpha value is -2.09. The van der Waals surface area contributed by atoms with Crippen LogP contribution in [-0.4, -0.2) is 35.2 Å². The van der Waals surface area contributed by atoms with E-state index in [9.17, 15) is 4.39 Å². The lowest BCUT2D eigenvalue weighted by atomic mass is 9.90. The summed E-state index contributed by atoms with van der Waals surface area (Å²) in [5.41, 5.74) is 1.13. The molecule has 0 saturated carbocycles. The van der Waals surface area contributed by atoms with Crippen LogP contribution < -0.4 is 5.32 Å². The van der Waals surface area contributed by atoms with E-state index in [4.69, 9.17) is 31.4 Å². The van der Waals surface area contributed by atoms with Crippen molar-refractivity contribution in [3.05, 3.63) is 58.9 Å². The largest absolute Gasteiger partial charge is 0.473 e. The summed E-state index contributed by atoms with van der Waals surface area (Å²) in [6, 6.07) is 12.9. The van der Waals surface area contributed by atoms with Crippen molar-refractivity contribution in [1.29, 1.82) is 0 Å². The van der Waals surface area contributed by atoms with Gasteiger partial charge in [-0.15, -0.1) is 0 Å². The molecule has 0 aromatic heterocycles. The van der Waals surface area contributed by atoms with Crippen LogP contribution in [0.3, 0.4) is 0 Å². The van der Waals surface area contributed by atoms with E-state index in [0.29, 0.717) is 5.92 Å². The van der Waals surface area contributed by atoms with Gasteiger partial charge in [0.15, 0.2) is 0 Å². The summed E-state index contributed by atoms with van der Waals surface area (Å²) < 4.78 is 13.7. The predicted molar refractivity (Wildman–Crippen MR) is 102 cm³/mol. The van der Waals surface area contributed by atoms with Crippen LogP contribution >= 0.6 is 23.4 Å². The summed E-state index contributed by atoms with van der Waals surface area (Å²) in [4.78, 5) is 20.4. The maximum absolute atomic E-state index is 13.7. The highest BCUT2D eigenvalue weighted by molar-refractivity contribution is 7.99. The highest BCUT2D eigenvalue weighted by Crippen LogP contribution is 2.38. The fraction of sp³-hybridized carbons (Fsp3) is 0.263. The van der Waals surface area contributed by atoms with Crippen molar-refractivity contribution in [1.82, 2.24) is 5.32 Å². The van der Waals surface area contributed by atoms with Crippen LogP contribution in [0.4, 0.5) is 4.39 Å². The number of piperidine rings is 1. The van der Waals surface area contributed by atoms with Gasteiger partial charge in [0.2, 0.25) is 0 Å². The van der Waals surface area contributed by atoms with Gasteiger partial charge in [-0.3, -0.25) is 0 Å². The number of hydrogen-bond acceptors (Lipinski definition) is 4. The normalized spacial score (nSPS) is 14.1. The van der Waals surface area contributed by atoms with E-state index in [1.165, 1.54) is 6.07 Å². The topological polar surface area (TPSA) is 86.6 Å². The number of hydrogen-bond donors (Lipinski definition) is 3. The first-order chi connectivity index (χ1) is 12.9. The molecule has 5 nitrogen and oxygen atoms in total. The number of carbonyl (C=O) groups is 2. The Morgan fingerprint density at radius 3 is 2.33 bits per heavy atom. The molecule has 27 heavy (non-hydrogen) atoms. The van der Waals surface area contributed by atoms with Crippen LogP contribution in [-0.2, 0) is 9.59 Å². The fourth-order valence-corrected chi connectivity index (χ4v) is 4.04. The SMILES string of the molecule is Fc1ccc(Sc2cccc(Cl)c2)c(C2CCNCC2)c1.O=C(O)C(=O)O. The third-order valence-corrected chi connectivity index (χ3v) is 5.27. The van der Waals surface area contributed by atoms with Crippen LogP contribution in [0.15, 0.2) is 52.3 Å². The number of aliphatic carboxylic acids is 2. The zero-order chi connectivity index (χ0) is 19.8. The molecule has 1 fully saturated rings. The summed E-state index contributed by atoms with van der Waals surface area (Å²) in [6.45, 7) is 2.00. The molecule has 2 aromatic carbocycles. The summed E-state index contributed by atoms with van der Waals surface area (Å²) >= 11 is 7.70. The molecule has 1 heterocycles. The number of carboxylic acid groups (broad SMARTS) is 2. The van der Waals surface area contributed by atoms with Crippen molar-refractivity contribution in [3.8, 4) is 0 Å². The second-order valence-electron chi connectivity index (χ2n) is 5.88. The van der Waals surface area contributed by atoms with E-state index >= 15 is 0 Å². The third kappa shape index (κ3) is 6.86. The van der Waals surface area contributed by atoms with E-state index in [0.717, 1.165) is 46.3 Å². The molecular weight excluding hydrogens is 393 g/mol. The number of halogens is 2. The first-order valence-corrected chi connectivity index (χ1v) is 9.46. The van der Waals surface area contributed by atoms with Gasteiger partial charge in [-0.05, 0) is 73.8 Å². The Kier molecular flexibility index (Phi) is 8.09. The van der Waals surface area contributed by atoms with E-state index in [-0.39, 0.29) is 5.82 Å². The minimum absolute atomic E-state index is 0.154. The Bertz CT molecular complexity index is 800. The van der Waals surface area contributed by atoms with Crippen molar-refractivity contribution in [2.45, 2.75) is 28.6 Å². The molecule has 1 aliphatic rings. The molecule has 0 unspecified atom stereocenters. The summed E-state index contributed by atoms with van der Waals surface area (Å²) in [7, 11) is 0. The molecule has 0 aliphatic carbocycles. The van der Waals surface area contributed by atoms with Gasteiger partial charge in [-0.2, -0.15) is 0 Å². The third-order valence-electron chi connectivity index (χ3n) is 3.96. The maximum Gasteiger partial charge on any atom is 0.414 e. The lowest BCUT2D eigenvalue weighted by molar-refractivity contribution is -0.159. The van der Waals surface area contributed by atoms with E-state index < -0.39 is 11.9 Å². The lowest BCUT2D eigenvalue weighted by Gasteiger charge is -2.25. The van der Waals surface area contributed by atoms with E-state index in [1.54, 1.807) is 17.8 Å². The highest BCUT2D eigenvalue weighted by atomic mass is 35.5. The van der Waals surface area contributed by atoms with Gasteiger partial charge < -0.3 is 15.5 Å². The molecule has 2 aromatic rings. The van der Waals surface area contributed by atoms with Crippen molar-refractivity contribution in [3.63, 3.8) is 0 Å². The zero-order valence-electron chi connectivity index (χ0n) is 14.3. The Morgan fingerprint density at radius 1 is 1.07 bits per heavy atom. The first kappa shape index (κ1) is 21.2. The van der Waals surface area contributed by atoms with E-state index in [1.807, 2.05) is 30.3 Å². The Labute approximate surface area is 165 Å². The molecule has 1 saturated heterocycles. The summed E-state index contributed by atoms with van der Waals surface area (Å²) in [5.74, 6) is -3.37. The van der Waals surface area contributed by atoms with Crippen molar-refractivity contribution in [2.75, 3.05) is 13.1 Å². The minimum atomic E-state index is -1.82. The van der Waals surface area contributed by atoms with Crippen LogP contribution in [0.25, 0.3) is 0 Å². The Balaban J connectivity index is 0.000000380. The highest BCUT2D eigenvalue weighted by Gasteiger charge is 2.19. The second-order valence-corrected chi connectivity index (χ2v) is 7.43. The number of benzene rings is 2. The molecule has 0 bridgehead atoms. The smallest absolute Gasteiger partial charge is 0.414 e. The molecule has 0 radical (unpaired) electrons. The predicted octanol–water partition coefficient (Wildman–Crippen LogP) is 4.25. The lowest BCUT2D eigenvalue weighted by Crippen LogP contribution is -2.26. The van der Waals surface area contributed by atoms with Gasteiger partial charge in [-0.1, -0.05) is 29.4 Å². The molecule has 3 N–H and O–H groups in total. The molecule has 0 amide bonds. The van der Waals surface area contributed by atoms with Gasteiger partial charge in [0, 0.05) is 14.8 Å². The minimum Gasteiger partial charge on any atom is -0.473 e. The molecule has 3 rings (SSSR count). The molecule has 144 valence electrons. The number of rotatable bonds is 3. The average Bonchev–Trinajstić information content (AvgIpc) is 2.64. The van der Waals surface area contributed by atoms with Crippen molar-refractivity contribution in [2.24, 2.45) is 0 Å². The monoisotopic (exact) mass is 411 g/mol. The van der Waals surface area contributed by atoms with Gasteiger partial charge >= 0.3 is 11.9 Å². The second kappa shape index (κ2) is 10.3. The molecule has 0 atom stereocenters. The van der Waals surface area contributed by atoms with Gasteiger partial charge in [0.25, 0.3) is 0 Å². The van der Waals surface area contributed by atoms with Crippen LogP contribution in [0.1, 0.15) is 24.3 Å². The molecule has 8 heteroatoms. The standard InChI is InChI=1S/C17H17ClFNS.C2H2O4/c18-13-2-1-3-15(10-13)21-17-5-4-14(19)11-16(17)12-6-8-20-9-7-12;3-1(4)2(5)6/h1-5,10-12,20H,6-9H2;(H,3,4)(H,5,6). The van der Waals surface area contributed by atoms with Gasteiger partial charge in [-0.25, -0.2) is 14.0 Å². The maximum atomic E-state index is 13.7.